The van der Waals surface area contributed by atoms with Crippen LogP contribution in [0.25, 0.3) is 0 Å². The molecule has 2 fully saturated rings. The van der Waals surface area contributed by atoms with Crippen LogP contribution in [0.5, 0.6) is 0 Å². The summed E-state index contributed by atoms with van der Waals surface area (Å²) in [4.78, 5) is 28.1. The van der Waals surface area contributed by atoms with Crippen molar-refractivity contribution in [2.45, 2.75) is 54.0 Å². The molecule has 1 saturated carbocycles. The average molecular weight is 440 g/mol. The Hall–Kier alpha value is -2.51. The van der Waals surface area contributed by atoms with Crippen molar-refractivity contribution in [3.63, 3.8) is 0 Å². The van der Waals surface area contributed by atoms with Crippen molar-refractivity contribution in [2.24, 2.45) is 5.92 Å². The van der Waals surface area contributed by atoms with E-state index in [1.807, 2.05) is 29.2 Å². The van der Waals surface area contributed by atoms with Crippen molar-refractivity contribution in [3.8, 4) is 0 Å². The molecule has 0 N–H and O–H groups in total. The molecular weight excluding hydrogens is 414 g/mol. The Bertz CT molecular complexity index is 1130. The number of sulfone groups is 1. The lowest BCUT2D eigenvalue weighted by atomic mass is 9.75. The zero-order valence-corrected chi connectivity index (χ0v) is 18.1. The maximum absolute atomic E-state index is 13.8. The quantitative estimate of drug-likeness (QED) is 0.683. The van der Waals surface area contributed by atoms with Gasteiger partial charge in [0.1, 0.15) is 11.8 Å². The fourth-order valence-corrected chi connectivity index (χ4v) is 7.83. The van der Waals surface area contributed by atoms with Crippen LogP contribution in [0.3, 0.4) is 0 Å². The third kappa shape index (κ3) is 3.05. The fourth-order valence-electron chi connectivity index (χ4n) is 5.85. The van der Waals surface area contributed by atoms with Gasteiger partial charge in [0.25, 0.3) is 0 Å². The number of ether oxygens (including phenoxy) is 1. The highest BCUT2D eigenvalue weighted by Crippen LogP contribution is 2.55. The van der Waals surface area contributed by atoms with E-state index in [0.717, 1.165) is 24.0 Å². The fraction of sp³-hybridized carbons (Fsp3) is 0.417. The molecule has 31 heavy (non-hydrogen) atoms. The van der Waals surface area contributed by atoms with Crippen molar-refractivity contribution in [2.75, 3.05) is 7.11 Å². The first-order valence-electron chi connectivity index (χ1n) is 10.7. The van der Waals surface area contributed by atoms with E-state index in [1.165, 1.54) is 7.11 Å². The van der Waals surface area contributed by atoms with Crippen molar-refractivity contribution in [1.29, 1.82) is 0 Å². The largest absolute Gasteiger partial charge is 0.468 e. The van der Waals surface area contributed by atoms with Crippen LogP contribution in [0, 0.1) is 5.92 Å². The molecule has 5 rings (SSSR count). The van der Waals surface area contributed by atoms with Crippen molar-refractivity contribution >= 4 is 21.6 Å². The second-order valence-electron chi connectivity index (χ2n) is 8.61. The first-order valence-corrected chi connectivity index (χ1v) is 12.3. The number of ketones is 1. The van der Waals surface area contributed by atoms with Crippen LogP contribution < -0.4 is 0 Å². The Kier molecular flexibility index (Phi) is 4.98. The molecular formula is C24H25NO5S. The van der Waals surface area contributed by atoms with Gasteiger partial charge in [-0.25, -0.2) is 13.2 Å². The second-order valence-corrected chi connectivity index (χ2v) is 10.8. The molecule has 0 radical (unpaired) electrons. The Labute approximate surface area is 182 Å². The zero-order chi connectivity index (χ0) is 21.8. The van der Waals surface area contributed by atoms with Gasteiger partial charge in [0, 0.05) is 18.4 Å². The van der Waals surface area contributed by atoms with Gasteiger partial charge in [-0.05, 0) is 42.5 Å². The first kappa shape index (κ1) is 20.4. The summed E-state index contributed by atoms with van der Waals surface area (Å²) in [7, 11) is -2.38. The maximum Gasteiger partial charge on any atom is 0.327 e. The van der Waals surface area contributed by atoms with Crippen LogP contribution >= 0.6 is 0 Å². The topological polar surface area (TPSA) is 80.8 Å². The van der Waals surface area contributed by atoms with E-state index >= 15 is 0 Å². The van der Waals surface area contributed by atoms with Crippen LogP contribution in [0.4, 0.5) is 0 Å². The number of hydrogen-bond acceptors (Lipinski definition) is 6. The predicted octanol–water partition coefficient (Wildman–Crippen LogP) is 3.24. The Morgan fingerprint density at radius 3 is 2.42 bits per heavy atom. The molecule has 2 aromatic carbocycles. The highest BCUT2D eigenvalue weighted by Gasteiger charge is 2.58. The number of fused-ring (bicyclic) bond motifs is 5. The summed E-state index contributed by atoms with van der Waals surface area (Å²) >= 11 is 0. The molecule has 2 heterocycles. The van der Waals surface area contributed by atoms with Crippen LogP contribution in [0.2, 0.25) is 0 Å². The van der Waals surface area contributed by atoms with Crippen molar-refractivity contribution in [1.82, 2.24) is 4.90 Å². The second kappa shape index (κ2) is 7.57. The lowest BCUT2D eigenvalue weighted by molar-refractivity contribution is -0.153. The van der Waals surface area contributed by atoms with Crippen LogP contribution in [-0.4, -0.2) is 43.5 Å². The highest BCUT2D eigenvalue weighted by atomic mass is 32.2. The SMILES string of the molecule is COC(=O)[C@@H]1c2ccccc2[C@@H]2C(S(=O)(=O)c3ccccc3)C[C@@H]3C(=O)CCC[C@H]3N12. The van der Waals surface area contributed by atoms with Gasteiger partial charge in [0.2, 0.25) is 0 Å². The Morgan fingerprint density at radius 2 is 1.71 bits per heavy atom. The molecule has 0 bridgehead atoms. The molecule has 3 aliphatic rings. The number of benzene rings is 2. The normalized spacial score (nSPS) is 30.2. The Morgan fingerprint density at radius 1 is 1.03 bits per heavy atom. The van der Waals surface area contributed by atoms with E-state index < -0.39 is 39.1 Å². The summed E-state index contributed by atoms with van der Waals surface area (Å²) in [6.07, 6.45) is 2.27. The number of Topliss-reactive ketones (excluding diaryl/α,β-unsaturated/α-hetero) is 1. The highest BCUT2D eigenvalue weighted by molar-refractivity contribution is 7.92. The van der Waals surface area contributed by atoms with E-state index in [1.54, 1.807) is 30.3 Å². The molecule has 0 spiro atoms. The van der Waals surface area contributed by atoms with E-state index in [-0.39, 0.29) is 23.1 Å². The van der Waals surface area contributed by atoms with Gasteiger partial charge in [-0.3, -0.25) is 9.69 Å². The monoisotopic (exact) mass is 439 g/mol. The molecule has 1 aliphatic carbocycles. The van der Waals surface area contributed by atoms with Crippen molar-refractivity contribution < 1.29 is 22.7 Å². The van der Waals surface area contributed by atoms with Gasteiger partial charge in [-0.2, -0.15) is 0 Å². The number of carbonyl (C=O) groups excluding carboxylic acids is 2. The molecule has 0 aromatic heterocycles. The molecule has 1 saturated heterocycles. The summed E-state index contributed by atoms with van der Waals surface area (Å²) in [5.74, 6) is -0.707. The van der Waals surface area contributed by atoms with E-state index in [2.05, 4.69) is 0 Å². The molecule has 2 aromatic rings. The van der Waals surface area contributed by atoms with Gasteiger partial charge >= 0.3 is 5.97 Å². The third-order valence-electron chi connectivity index (χ3n) is 7.15. The van der Waals surface area contributed by atoms with Gasteiger partial charge in [0.05, 0.1) is 23.3 Å². The smallest absolute Gasteiger partial charge is 0.327 e. The summed E-state index contributed by atoms with van der Waals surface area (Å²) in [6.45, 7) is 0. The maximum atomic E-state index is 13.8. The van der Waals surface area contributed by atoms with Crippen LogP contribution in [0.15, 0.2) is 59.5 Å². The predicted molar refractivity (Wildman–Crippen MR) is 114 cm³/mol. The molecule has 2 aliphatic heterocycles. The van der Waals surface area contributed by atoms with Gasteiger partial charge in [-0.1, -0.05) is 42.5 Å². The average Bonchev–Trinajstić information content (AvgIpc) is 3.14. The number of rotatable bonds is 3. The summed E-state index contributed by atoms with van der Waals surface area (Å²) in [5.41, 5.74) is 1.63. The molecule has 6 nitrogen and oxygen atoms in total. The molecule has 1 unspecified atom stereocenters. The van der Waals surface area contributed by atoms with E-state index in [9.17, 15) is 18.0 Å². The van der Waals surface area contributed by atoms with Crippen LogP contribution in [-0.2, 0) is 24.2 Å². The third-order valence-corrected chi connectivity index (χ3v) is 9.32. The minimum atomic E-state index is -3.73. The standard InChI is InChI=1S/C24H25NO5S/c1-30-24(27)23-17-11-6-5-10-16(17)22-21(31(28,29)15-8-3-2-4-9-15)14-18-19(25(22)23)12-7-13-20(18)26/h2-6,8-11,18-19,21-23H,7,12-14H2,1H3/t18-,19+,21?,22+,23-/m0/s1. The summed E-state index contributed by atoms with van der Waals surface area (Å²) in [6, 6.07) is 14.6. The zero-order valence-electron chi connectivity index (χ0n) is 17.3. The first-order chi connectivity index (χ1) is 14.9. The van der Waals surface area contributed by atoms with Gasteiger partial charge < -0.3 is 4.74 Å². The molecule has 162 valence electrons. The number of carbonyl (C=O) groups is 2. The molecule has 0 amide bonds. The number of hydrogen-bond donors (Lipinski definition) is 0. The minimum Gasteiger partial charge on any atom is -0.468 e. The number of methoxy groups -OCH3 is 1. The van der Waals surface area contributed by atoms with E-state index in [4.69, 9.17) is 4.74 Å². The lowest BCUT2D eigenvalue weighted by Gasteiger charge is -2.49. The van der Waals surface area contributed by atoms with Crippen LogP contribution in [0.1, 0.15) is 48.9 Å². The molecule has 5 atom stereocenters. The van der Waals surface area contributed by atoms with Gasteiger partial charge in [0.15, 0.2) is 9.84 Å². The number of piperidine rings is 1. The summed E-state index contributed by atoms with van der Waals surface area (Å²) < 4.78 is 32.8. The lowest BCUT2D eigenvalue weighted by Crippen LogP contribution is -2.57. The van der Waals surface area contributed by atoms with E-state index in [0.29, 0.717) is 6.42 Å². The molecule has 7 heteroatoms. The number of nitrogens with zero attached hydrogens (tertiary/aromatic N) is 1. The summed E-state index contributed by atoms with van der Waals surface area (Å²) in [5, 5.41) is -0.811. The number of esters is 1. The Balaban J connectivity index is 1.70. The van der Waals surface area contributed by atoms with Gasteiger partial charge in [-0.15, -0.1) is 0 Å². The minimum absolute atomic E-state index is 0.0996. The van der Waals surface area contributed by atoms with Crippen molar-refractivity contribution in [3.05, 3.63) is 65.7 Å².